The normalized spacial score (nSPS) is 11.8. The fraction of sp³-hybridized carbons (Fsp3) is 0.167. The summed E-state index contributed by atoms with van der Waals surface area (Å²) in [7, 11) is -3.38. The van der Waals surface area contributed by atoms with Gasteiger partial charge in [-0.3, -0.25) is 0 Å². The van der Waals surface area contributed by atoms with Crippen molar-refractivity contribution in [2.45, 2.75) is 6.42 Å². The van der Waals surface area contributed by atoms with Crippen molar-refractivity contribution in [2.75, 3.05) is 5.75 Å². The Balaban J connectivity index is 2.26. The van der Waals surface area contributed by atoms with E-state index in [9.17, 15) is 8.42 Å². The first-order valence-corrected chi connectivity index (χ1v) is 6.74. The zero-order chi connectivity index (χ0) is 11.6. The number of fused-ring (bicyclic) bond motifs is 1. The second-order valence-corrected chi connectivity index (χ2v) is 5.53. The van der Waals surface area contributed by atoms with Crippen molar-refractivity contribution in [1.82, 2.24) is 0 Å². The Hall–Kier alpha value is -1.39. The number of hydrogen-bond donors (Lipinski definition) is 1. The summed E-state index contributed by atoms with van der Waals surface area (Å²) < 4.78 is 21.7. The quantitative estimate of drug-likeness (QED) is 0.879. The van der Waals surface area contributed by atoms with Gasteiger partial charge in [-0.1, -0.05) is 42.5 Å². The third kappa shape index (κ3) is 2.81. The third-order valence-corrected chi connectivity index (χ3v) is 3.26. The van der Waals surface area contributed by atoms with Crippen LogP contribution in [0.25, 0.3) is 10.8 Å². The van der Waals surface area contributed by atoms with E-state index in [0.29, 0.717) is 6.42 Å². The second kappa shape index (κ2) is 4.23. The molecule has 16 heavy (non-hydrogen) atoms. The maximum absolute atomic E-state index is 10.8. The number of rotatable bonds is 3. The van der Waals surface area contributed by atoms with Crippen molar-refractivity contribution in [3.63, 3.8) is 0 Å². The molecule has 0 aliphatic rings. The summed E-state index contributed by atoms with van der Waals surface area (Å²) in [4.78, 5) is 0. The van der Waals surface area contributed by atoms with Gasteiger partial charge in [0.1, 0.15) is 0 Å². The van der Waals surface area contributed by atoms with Gasteiger partial charge in [0.25, 0.3) is 0 Å². The Kier molecular flexibility index (Phi) is 2.94. The van der Waals surface area contributed by atoms with Crippen LogP contribution >= 0.6 is 0 Å². The van der Waals surface area contributed by atoms with Crippen LogP contribution in [-0.4, -0.2) is 14.2 Å². The molecule has 0 atom stereocenters. The van der Waals surface area contributed by atoms with Crippen LogP contribution < -0.4 is 5.14 Å². The highest BCUT2D eigenvalue weighted by Gasteiger charge is 2.03. The van der Waals surface area contributed by atoms with E-state index < -0.39 is 10.0 Å². The minimum absolute atomic E-state index is 0.00859. The topological polar surface area (TPSA) is 60.2 Å². The molecule has 0 amide bonds. The molecule has 0 bridgehead atoms. The first-order valence-electron chi connectivity index (χ1n) is 5.03. The van der Waals surface area contributed by atoms with Gasteiger partial charge in [0, 0.05) is 0 Å². The van der Waals surface area contributed by atoms with E-state index in [4.69, 9.17) is 5.14 Å². The first kappa shape index (κ1) is 11.1. The van der Waals surface area contributed by atoms with Crippen molar-refractivity contribution >= 4 is 20.8 Å². The molecule has 0 radical (unpaired) electrons. The fourth-order valence-corrected chi connectivity index (χ4v) is 2.17. The lowest BCUT2D eigenvalue weighted by molar-refractivity contribution is 0.597. The molecular formula is C12H13NO2S. The summed E-state index contributed by atoms with van der Waals surface area (Å²) >= 11 is 0. The SMILES string of the molecule is NS(=O)(=O)CCc1ccc2ccccc2c1. The van der Waals surface area contributed by atoms with Gasteiger partial charge >= 0.3 is 0 Å². The lowest BCUT2D eigenvalue weighted by atomic mass is 10.1. The zero-order valence-electron chi connectivity index (χ0n) is 8.76. The molecule has 0 spiro atoms. The number of benzene rings is 2. The van der Waals surface area contributed by atoms with Crippen LogP contribution in [0.5, 0.6) is 0 Å². The van der Waals surface area contributed by atoms with Gasteiger partial charge in [-0.25, -0.2) is 13.6 Å². The monoisotopic (exact) mass is 235 g/mol. The Morgan fingerprint density at radius 2 is 1.69 bits per heavy atom. The number of aryl methyl sites for hydroxylation is 1. The summed E-state index contributed by atoms with van der Waals surface area (Å²) in [5.74, 6) is -0.00859. The molecule has 0 aromatic heterocycles. The van der Waals surface area contributed by atoms with Crippen molar-refractivity contribution in [3.8, 4) is 0 Å². The van der Waals surface area contributed by atoms with Crippen LogP contribution in [-0.2, 0) is 16.4 Å². The molecular weight excluding hydrogens is 222 g/mol. The third-order valence-electron chi connectivity index (χ3n) is 2.49. The molecule has 84 valence electrons. The summed E-state index contributed by atoms with van der Waals surface area (Å²) in [5, 5.41) is 7.24. The van der Waals surface area contributed by atoms with Gasteiger partial charge < -0.3 is 0 Å². The average molecular weight is 235 g/mol. The predicted molar refractivity (Wildman–Crippen MR) is 65.6 cm³/mol. The van der Waals surface area contributed by atoms with Gasteiger partial charge in [0.15, 0.2) is 0 Å². The van der Waals surface area contributed by atoms with Crippen LogP contribution in [0.2, 0.25) is 0 Å². The van der Waals surface area contributed by atoms with E-state index in [-0.39, 0.29) is 5.75 Å². The number of hydrogen-bond acceptors (Lipinski definition) is 2. The first-order chi connectivity index (χ1) is 7.54. The van der Waals surface area contributed by atoms with Gasteiger partial charge in [0.2, 0.25) is 10.0 Å². The molecule has 0 fully saturated rings. The van der Waals surface area contributed by atoms with Crippen LogP contribution in [0.1, 0.15) is 5.56 Å². The minimum Gasteiger partial charge on any atom is -0.229 e. The maximum Gasteiger partial charge on any atom is 0.209 e. The highest BCUT2D eigenvalue weighted by atomic mass is 32.2. The Morgan fingerprint density at radius 1 is 1.00 bits per heavy atom. The van der Waals surface area contributed by atoms with Crippen molar-refractivity contribution in [3.05, 3.63) is 48.0 Å². The van der Waals surface area contributed by atoms with E-state index in [1.165, 1.54) is 0 Å². The summed E-state index contributed by atoms with van der Waals surface area (Å²) in [5.41, 5.74) is 0.993. The van der Waals surface area contributed by atoms with Gasteiger partial charge in [0.05, 0.1) is 5.75 Å². The highest BCUT2D eigenvalue weighted by molar-refractivity contribution is 7.89. The van der Waals surface area contributed by atoms with E-state index in [0.717, 1.165) is 16.3 Å². The van der Waals surface area contributed by atoms with E-state index in [2.05, 4.69) is 0 Å². The predicted octanol–water partition coefficient (Wildman–Crippen LogP) is 1.67. The Bertz CT molecular complexity index is 605. The van der Waals surface area contributed by atoms with Crippen molar-refractivity contribution in [2.24, 2.45) is 5.14 Å². The lowest BCUT2D eigenvalue weighted by Gasteiger charge is -2.02. The van der Waals surface area contributed by atoms with Gasteiger partial charge in [-0.05, 0) is 22.8 Å². The Labute approximate surface area is 94.9 Å². The van der Waals surface area contributed by atoms with E-state index in [1.54, 1.807) is 0 Å². The summed E-state index contributed by atoms with van der Waals surface area (Å²) in [6.07, 6.45) is 0.462. The van der Waals surface area contributed by atoms with Gasteiger partial charge in [-0.15, -0.1) is 0 Å². The molecule has 2 aromatic carbocycles. The zero-order valence-corrected chi connectivity index (χ0v) is 9.57. The van der Waals surface area contributed by atoms with Crippen molar-refractivity contribution < 1.29 is 8.42 Å². The molecule has 0 heterocycles. The van der Waals surface area contributed by atoms with Crippen LogP contribution in [0, 0.1) is 0 Å². The molecule has 4 heteroatoms. The molecule has 0 aliphatic carbocycles. The molecule has 2 N–H and O–H groups in total. The molecule has 0 aliphatic heterocycles. The molecule has 0 saturated carbocycles. The van der Waals surface area contributed by atoms with Crippen molar-refractivity contribution in [1.29, 1.82) is 0 Å². The minimum atomic E-state index is -3.38. The number of sulfonamides is 1. The van der Waals surface area contributed by atoms with Crippen LogP contribution in [0.4, 0.5) is 0 Å². The maximum atomic E-state index is 10.8. The van der Waals surface area contributed by atoms with Crippen LogP contribution in [0.3, 0.4) is 0 Å². The lowest BCUT2D eigenvalue weighted by Crippen LogP contribution is -2.17. The molecule has 0 unspecified atom stereocenters. The average Bonchev–Trinajstić information content (AvgIpc) is 2.25. The number of nitrogens with two attached hydrogens (primary N) is 1. The molecule has 3 nitrogen and oxygen atoms in total. The largest absolute Gasteiger partial charge is 0.229 e. The van der Waals surface area contributed by atoms with Gasteiger partial charge in [-0.2, -0.15) is 0 Å². The fourth-order valence-electron chi connectivity index (χ4n) is 1.65. The Morgan fingerprint density at radius 3 is 2.38 bits per heavy atom. The molecule has 2 rings (SSSR count). The van der Waals surface area contributed by atoms with Crippen LogP contribution in [0.15, 0.2) is 42.5 Å². The van der Waals surface area contributed by atoms with E-state index >= 15 is 0 Å². The molecule has 2 aromatic rings. The highest BCUT2D eigenvalue weighted by Crippen LogP contribution is 2.15. The summed E-state index contributed by atoms with van der Waals surface area (Å²) in [6.45, 7) is 0. The van der Waals surface area contributed by atoms with E-state index in [1.807, 2.05) is 42.5 Å². The molecule has 0 saturated heterocycles. The standard InChI is InChI=1S/C12H13NO2S/c13-16(14,15)8-7-10-5-6-11-3-1-2-4-12(11)9-10/h1-6,9H,7-8H2,(H2,13,14,15). The smallest absolute Gasteiger partial charge is 0.209 e. The second-order valence-electron chi connectivity index (χ2n) is 3.80. The summed E-state index contributed by atoms with van der Waals surface area (Å²) in [6, 6.07) is 13.9. The number of primary sulfonamides is 1.